The number of unbranched alkanes of at least 4 members (excludes halogenated alkanes) is 19. The Morgan fingerprint density at radius 3 is 1.50 bits per heavy atom. The molecule has 0 bridgehead atoms. The minimum Gasteiger partial charge on any atom is -0.462 e. The third-order valence-corrected chi connectivity index (χ3v) is 11.0. The molecule has 0 aromatic heterocycles. The Morgan fingerprint density at radius 2 is 0.982 bits per heavy atom. The van der Waals surface area contributed by atoms with E-state index in [9.17, 15) is 44.6 Å². The largest absolute Gasteiger partial charge is 0.472 e. The van der Waals surface area contributed by atoms with E-state index in [1.165, 1.54) is 96.3 Å². The first-order chi connectivity index (χ1) is 26.9. The molecule has 1 fully saturated rings. The highest BCUT2D eigenvalue weighted by molar-refractivity contribution is 7.47. The van der Waals surface area contributed by atoms with Gasteiger partial charge in [0.15, 0.2) is 6.10 Å². The lowest BCUT2D eigenvalue weighted by Crippen LogP contribution is -2.64. The summed E-state index contributed by atoms with van der Waals surface area (Å²) in [6, 6.07) is 0. The van der Waals surface area contributed by atoms with Crippen LogP contribution in [0.25, 0.3) is 0 Å². The summed E-state index contributed by atoms with van der Waals surface area (Å²) in [7, 11) is -5.12. The fourth-order valence-corrected chi connectivity index (χ4v) is 7.48. The molecule has 1 rings (SSSR count). The van der Waals surface area contributed by atoms with E-state index in [1.54, 1.807) is 0 Å². The lowest BCUT2D eigenvalue weighted by molar-refractivity contribution is -0.220. The molecule has 6 unspecified atom stereocenters. The van der Waals surface area contributed by atoms with Gasteiger partial charge in [-0.1, -0.05) is 147 Å². The number of esters is 2. The maximum absolute atomic E-state index is 12.8. The van der Waals surface area contributed by atoms with Crippen LogP contribution in [-0.4, -0.2) is 98.3 Å². The first-order valence-electron chi connectivity index (χ1n) is 21.6. The van der Waals surface area contributed by atoms with E-state index in [2.05, 4.69) is 26.0 Å². The number of rotatable bonds is 35. The molecule has 0 heterocycles. The summed E-state index contributed by atoms with van der Waals surface area (Å²) in [5, 5.41) is 50.0. The number of carbonyl (C=O) groups is 2. The quantitative estimate of drug-likeness (QED) is 0.0157. The number of aliphatic hydroxyl groups excluding tert-OH is 5. The standard InChI is InChI=1S/C42H77O13P/c1-3-5-7-9-11-13-15-16-17-18-19-20-21-23-25-27-29-31-36(44)54-34(32-52-35(43)30-28-26-24-22-14-12-10-8-6-4-2)33-53-56(50,51)55-42-40(48)38(46)37(45)39(47)41(42)49/h19-20,23,25,34,37-42,45-49H,3-18,21-22,24,26-33H2,1-2H3,(H,50,51)/b20-19+,25-23+/t34-,37?,38+,39?,40?,41?,42?/m1/s1. The number of carbonyl (C=O) groups excluding carboxylic acids is 2. The molecule has 0 saturated heterocycles. The number of ether oxygens (including phenoxy) is 2. The van der Waals surface area contributed by atoms with Gasteiger partial charge in [0, 0.05) is 12.8 Å². The maximum atomic E-state index is 12.8. The minimum atomic E-state index is -5.12. The Balaban J connectivity index is 2.51. The molecule has 0 aliphatic heterocycles. The molecule has 0 aromatic carbocycles. The van der Waals surface area contributed by atoms with E-state index in [0.29, 0.717) is 19.3 Å². The summed E-state index contributed by atoms with van der Waals surface area (Å²) in [6.45, 7) is 3.23. The fourth-order valence-electron chi connectivity index (χ4n) is 6.50. The maximum Gasteiger partial charge on any atom is 0.472 e. The molecule has 328 valence electrons. The second kappa shape index (κ2) is 33.2. The van der Waals surface area contributed by atoms with Gasteiger partial charge in [0.2, 0.25) is 0 Å². The number of hydrogen-bond donors (Lipinski definition) is 6. The van der Waals surface area contributed by atoms with E-state index in [1.807, 2.05) is 12.2 Å². The van der Waals surface area contributed by atoms with E-state index in [-0.39, 0.29) is 12.8 Å². The lowest BCUT2D eigenvalue weighted by atomic mass is 9.85. The molecule has 13 nitrogen and oxygen atoms in total. The zero-order valence-electron chi connectivity index (χ0n) is 34.4. The monoisotopic (exact) mass is 821 g/mol. The van der Waals surface area contributed by atoms with Crippen molar-refractivity contribution >= 4 is 19.8 Å². The highest BCUT2D eigenvalue weighted by atomic mass is 31.2. The van der Waals surface area contributed by atoms with Crippen molar-refractivity contribution in [2.45, 2.75) is 217 Å². The van der Waals surface area contributed by atoms with Crippen molar-refractivity contribution in [3.05, 3.63) is 24.3 Å². The SMILES string of the molecule is CCCCCCCCCCC/C=C/C/C=C/CCCC(=O)O[C@H](COC(=O)CCCCCCCCCCCC)COP(=O)(O)OC1C(O)C(O)C(O)[C@H](O)C1O. The summed E-state index contributed by atoms with van der Waals surface area (Å²) in [4.78, 5) is 35.5. The van der Waals surface area contributed by atoms with Gasteiger partial charge < -0.3 is 39.9 Å². The van der Waals surface area contributed by atoms with Crippen LogP contribution in [0.4, 0.5) is 0 Å². The number of phosphoric ester groups is 1. The predicted molar refractivity (Wildman–Crippen MR) is 217 cm³/mol. The van der Waals surface area contributed by atoms with Gasteiger partial charge in [-0.2, -0.15) is 0 Å². The van der Waals surface area contributed by atoms with Crippen LogP contribution in [0.1, 0.15) is 174 Å². The minimum absolute atomic E-state index is 0.0354. The van der Waals surface area contributed by atoms with Gasteiger partial charge in [0.1, 0.15) is 43.2 Å². The molecule has 56 heavy (non-hydrogen) atoms. The van der Waals surface area contributed by atoms with Gasteiger partial charge in [0.25, 0.3) is 0 Å². The van der Waals surface area contributed by atoms with Crippen LogP contribution in [0.5, 0.6) is 0 Å². The second-order valence-electron chi connectivity index (χ2n) is 15.2. The molecule has 0 radical (unpaired) electrons. The Kier molecular flexibility index (Phi) is 31.0. The van der Waals surface area contributed by atoms with Gasteiger partial charge in [-0.15, -0.1) is 0 Å². The lowest BCUT2D eigenvalue weighted by Gasteiger charge is -2.41. The Bertz CT molecular complexity index is 1090. The second-order valence-corrected chi connectivity index (χ2v) is 16.6. The highest BCUT2D eigenvalue weighted by Crippen LogP contribution is 2.47. The van der Waals surface area contributed by atoms with Crippen molar-refractivity contribution in [3.8, 4) is 0 Å². The molecule has 6 N–H and O–H groups in total. The predicted octanol–water partition coefficient (Wildman–Crippen LogP) is 7.67. The van der Waals surface area contributed by atoms with Gasteiger partial charge in [0.05, 0.1) is 6.61 Å². The molecule has 1 saturated carbocycles. The van der Waals surface area contributed by atoms with Crippen molar-refractivity contribution in [2.24, 2.45) is 0 Å². The van der Waals surface area contributed by atoms with Gasteiger partial charge in [-0.3, -0.25) is 18.6 Å². The summed E-state index contributed by atoms with van der Waals surface area (Å²) in [5.74, 6) is -1.15. The third kappa shape index (κ3) is 25.6. The molecule has 14 heteroatoms. The van der Waals surface area contributed by atoms with Gasteiger partial charge in [-0.05, 0) is 38.5 Å². The normalized spacial score (nSPS) is 23.1. The Morgan fingerprint density at radius 1 is 0.554 bits per heavy atom. The van der Waals surface area contributed by atoms with Crippen LogP contribution in [0.2, 0.25) is 0 Å². The van der Waals surface area contributed by atoms with E-state index in [4.69, 9.17) is 18.5 Å². The first-order valence-corrected chi connectivity index (χ1v) is 23.1. The van der Waals surface area contributed by atoms with Crippen molar-refractivity contribution in [2.75, 3.05) is 13.2 Å². The molecule has 0 spiro atoms. The van der Waals surface area contributed by atoms with Crippen LogP contribution < -0.4 is 0 Å². The average Bonchev–Trinajstić information content (AvgIpc) is 3.18. The Hall–Kier alpha value is -1.67. The van der Waals surface area contributed by atoms with Crippen LogP contribution in [0, 0.1) is 0 Å². The Labute approximate surface area is 336 Å². The summed E-state index contributed by atoms with van der Waals surface area (Å²) >= 11 is 0. The van der Waals surface area contributed by atoms with Crippen LogP contribution >= 0.6 is 7.82 Å². The van der Waals surface area contributed by atoms with Crippen LogP contribution in [0.15, 0.2) is 24.3 Å². The molecule has 0 aromatic rings. The zero-order chi connectivity index (χ0) is 41.4. The molecule has 1 aliphatic rings. The van der Waals surface area contributed by atoms with Crippen LogP contribution in [-0.2, 0) is 32.7 Å². The first kappa shape index (κ1) is 52.3. The highest BCUT2D eigenvalue weighted by Gasteiger charge is 2.51. The topological polar surface area (TPSA) is 210 Å². The van der Waals surface area contributed by atoms with E-state index >= 15 is 0 Å². The van der Waals surface area contributed by atoms with Crippen molar-refractivity contribution in [3.63, 3.8) is 0 Å². The average molecular weight is 821 g/mol. The van der Waals surface area contributed by atoms with Crippen molar-refractivity contribution in [1.29, 1.82) is 0 Å². The van der Waals surface area contributed by atoms with E-state index in [0.717, 1.165) is 32.1 Å². The van der Waals surface area contributed by atoms with Crippen LogP contribution in [0.3, 0.4) is 0 Å². The summed E-state index contributed by atoms with van der Waals surface area (Å²) < 4.78 is 33.3. The molecular formula is C42H77O13P. The number of aliphatic hydroxyl groups is 5. The molecular weight excluding hydrogens is 743 g/mol. The molecule has 0 amide bonds. The number of allylic oxidation sites excluding steroid dienone is 4. The smallest absolute Gasteiger partial charge is 0.462 e. The third-order valence-electron chi connectivity index (χ3n) is 10.0. The van der Waals surface area contributed by atoms with Crippen molar-refractivity contribution in [1.82, 2.24) is 0 Å². The summed E-state index contributed by atoms with van der Waals surface area (Å²) in [5.41, 5.74) is 0. The number of phosphoric acid groups is 1. The van der Waals surface area contributed by atoms with Gasteiger partial charge in [-0.25, -0.2) is 4.57 Å². The number of hydrogen-bond acceptors (Lipinski definition) is 12. The molecule has 8 atom stereocenters. The van der Waals surface area contributed by atoms with E-state index < -0.39 is 75.7 Å². The van der Waals surface area contributed by atoms with Gasteiger partial charge >= 0.3 is 19.8 Å². The molecule has 1 aliphatic carbocycles. The fraction of sp³-hybridized carbons (Fsp3) is 0.857. The summed E-state index contributed by atoms with van der Waals surface area (Å²) in [6.07, 6.45) is 21.2. The zero-order valence-corrected chi connectivity index (χ0v) is 35.3. The van der Waals surface area contributed by atoms with Crippen molar-refractivity contribution < 1.29 is 63.1 Å².